The number of ether oxygens (including phenoxy) is 2. The van der Waals surface area contributed by atoms with Gasteiger partial charge in [-0.05, 0) is 0 Å². The average Bonchev–Trinajstić information content (AvgIpc) is 2.03. The first kappa shape index (κ1) is 10.2. The van der Waals surface area contributed by atoms with Crippen molar-refractivity contribution in [2.75, 3.05) is 14.2 Å². The Kier molecular flexibility index (Phi) is 3.73. The summed E-state index contributed by atoms with van der Waals surface area (Å²) in [6.07, 6.45) is 0.990. The summed E-state index contributed by atoms with van der Waals surface area (Å²) in [4.78, 5) is 11.0. The van der Waals surface area contributed by atoms with E-state index in [-0.39, 0.29) is 18.3 Å². The van der Waals surface area contributed by atoms with E-state index in [1.807, 2.05) is 10.2 Å². The van der Waals surface area contributed by atoms with Crippen LogP contribution in [-0.2, 0) is 14.3 Å². The van der Waals surface area contributed by atoms with Crippen LogP contribution in [0.2, 0.25) is 0 Å². The number of cyclic esters (lactones) is 1. The first-order valence-corrected chi connectivity index (χ1v) is 4.71. The number of halogens is 1. The topological polar surface area (TPSA) is 38.8 Å². The lowest BCUT2D eigenvalue weighted by molar-refractivity contribution is -0.167. The van der Waals surface area contributed by atoms with Crippen molar-refractivity contribution in [1.29, 1.82) is 0 Å². The van der Waals surface area contributed by atoms with E-state index in [1.54, 1.807) is 7.11 Å². The van der Waals surface area contributed by atoms with Gasteiger partial charge in [0, 0.05) is 43.4 Å². The van der Waals surface area contributed by atoms with Gasteiger partial charge in [0.2, 0.25) is 0 Å². The molecule has 2 unspecified atom stereocenters. The first-order chi connectivity index (χ1) is 5.63. The highest BCUT2D eigenvalue weighted by atomic mass is 127. The largest absolute Gasteiger partial charge is 0.445 e. The molecule has 0 bridgehead atoms. The Morgan fingerprint density at radius 3 is 2.92 bits per heavy atom. The lowest BCUT2D eigenvalue weighted by atomic mass is 10.1. The molecule has 70 valence electrons. The van der Waals surface area contributed by atoms with Crippen molar-refractivity contribution in [2.45, 2.75) is 25.2 Å². The van der Waals surface area contributed by atoms with Gasteiger partial charge in [0.1, 0.15) is 0 Å². The van der Waals surface area contributed by atoms with E-state index in [0.717, 1.165) is 6.42 Å². The Labute approximate surface area is 85.7 Å². The number of methoxy groups -OCH3 is 1. The van der Waals surface area contributed by atoms with Crippen LogP contribution in [-0.4, -0.2) is 35.6 Å². The van der Waals surface area contributed by atoms with Gasteiger partial charge in [-0.2, -0.15) is 0 Å². The monoisotopic (exact) mass is 285 g/mol. The molecular weight excluding hydrogens is 273 g/mol. The lowest BCUT2D eigenvalue weighted by Gasteiger charge is -2.30. The second-order valence-electron chi connectivity index (χ2n) is 2.77. The van der Waals surface area contributed by atoms with E-state index >= 15 is 0 Å². The molecule has 2 atom stereocenters. The Hall–Kier alpha value is 0.120. The number of carbonyl (C=O) groups is 1. The third kappa shape index (κ3) is 2.56. The van der Waals surface area contributed by atoms with Crippen molar-refractivity contribution in [3.8, 4) is 0 Å². The third-order valence-corrected chi connectivity index (χ3v) is 2.48. The van der Waals surface area contributed by atoms with Gasteiger partial charge in [0.05, 0.1) is 12.5 Å². The van der Waals surface area contributed by atoms with Gasteiger partial charge in [-0.1, -0.05) is 0 Å². The van der Waals surface area contributed by atoms with Gasteiger partial charge in [-0.15, -0.1) is 0 Å². The molecule has 1 rings (SSSR count). The highest BCUT2D eigenvalue weighted by molar-refractivity contribution is 14.1. The van der Waals surface area contributed by atoms with Gasteiger partial charge in [-0.25, -0.2) is 3.11 Å². The quantitative estimate of drug-likeness (QED) is 0.430. The summed E-state index contributed by atoms with van der Waals surface area (Å²) >= 11 is 2.10. The van der Waals surface area contributed by atoms with Gasteiger partial charge < -0.3 is 9.47 Å². The minimum Gasteiger partial charge on any atom is -0.445 e. The molecule has 0 aromatic carbocycles. The molecule has 1 heterocycles. The molecule has 0 aromatic heterocycles. The molecule has 0 aliphatic carbocycles. The molecule has 1 saturated heterocycles. The van der Waals surface area contributed by atoms with Crippen LogP contribution in [0.1, 0.15) is 12.8 Å². The van der Waals surface area contributed by atoms with Crippen molar-refractivity contribution < 1.29 is 14.3 Å². The molecule has 5 heteroatoms. The molecule has 1 fully saturated rings. The van der Waals surface area contributed by atoms with Gasteiger partial charge in [-0.3, -0.25) is 4.79 Å². The molecular formula is C7H12INO3. The summed E-state index contributed by atoms with van der Waals surface area (Å²) in [6, 6.07) is 0. The van der Waals surface area contributed by atoms with E-state index < -0.39 is 0 Å². The summed E-state index contributed by atoms with van der Waals surface area (Å²) in [5.74, 6) is -0.179. The summed E-state index contributed by atoms with van der Waals surface area (Å²) in [7, 11) is 3.49. The number of hydrogen-bond donors (Lipinski definition) is 0. The molecule has 12 heavy (non-hydrogen) atoms. The molecule has 0 amide bonds. The molecule has 0 spiro atoms. The molecule has 1 aliphatic heterocycles. The predicted octanol–water partition coefficient (Wildman–Crippen LogP) is 0.946. The van der Waals surface area contributed by atoms with Crippen molar-refractivity contribution >= 4 is 28.8 Å². The summed E-state index contributed by atoms with van der Waals surface area (Å²) < 4.78 is 12.0. The molecule has 0 radical (unpaired) electrons. The molecule has 0 aromatic rings. The minimum atomic E-state index is -0.179. The van der Waals surface area contributed by atoms with E-state index in [9.17, 15) is 4.79 Å². The Balaban J connectivity index is 2.51. The number of nitrogens with zero attached hydrogens (tertiary/aromatic N) is 1. The van der Waals surface area contributed by atoms with Crippen LogP contribution in [0.5, 0.6) is 0 Å². The van der Waals surface area contributed by atoms with E-state index in [2.05, 4.69) is 22.9 Å². The van der Waals surface area contributed by atoms with Crippen LogP contribution in [0.25, 0.3) is 0 Å². The second-order valence-corrected chi connectivity index (χ2v) is 4.29. The summed E-state index contributed by atoms with van der Waals surface area (Å²) in [5, 5.41) is 0. The van der Waals surface area contributed by atoms with Crippen LogP contribution >= 0.6 is 22.9 Å². The summed E-state index contributed by atoms with van der Waals surface area (Å²) in [6.45, 7) is 0. The number of carbonyl (C=O) groups excluding carboxylic acids is 1. The van der Waals surface area contributed by atoms with Crippen LogP contribution in [0, 0.1) is 0 Å². The maximum absolute atomic E-state index is 11.0. The Morgan fingerprint density at radius 1 is 1.75 bits per heavy atom. The highest BCUT2D eigenvalue weighted by Crippen LogP contribution is 2.21. The van der Waals surface area contributed by atoms with E-state index in [0.29, 0.717) is 6.42 Å². The second kappa shape index (κ2) is 4.38. The standard InChI is InChI=1S/C7H12INO3/c1-9(8)6-3-5(11-2)4-7(10)12-6/h5-6H,3-4H2,1-2H3. The van der Waals surface area contributed by atoms with Crippen LogP contribution < -0.4 is 0 Å². The van der Waals surface area contributed by atoms with Gasteiger partial charge in [0.15, 0.2) is 6.23 Å². The highest BCUT2D eigenvalue weighted by Gasteiger charge is 2.30. The summed E-state index contributed by atoms with van der Waals surface area (Å²) in [5.41, 5.74) is 0. The predicted molar refractivity (Wildman–Crippen MR) is 51.7 cm³/mol. The molecule has 4 nitrogen and oxygen atoms in total. The molecule has 0 N–H and O–H groups in total. The van der Waals surface area contributed by atoms with Crippen molar-refractivity contribution in [3.63, 3.8) is 0 Å². The van der Waals surface area contributed by atoms with Crippen LogP contribution in [0.3, 0.4) is 0 Å². The van der Waals surface area contributed by atoms with Crippen molar-refractivity contribution in [1.82, 2.24) is 3.11 Å². The normalized spacial score (nSPS) is 30.5. The van der Waals surface area contributed by atoms with Crippen LogP contribution in [0.4, 0.5) is 0 Å². The zero-order chi connectivity index (χ0) is 9.14. The molecule has 0 saturated carbocycles. The maximum Gasteiger partial charge on any atom is 0.310 e. The van der Waals surface area contributed by atoms with Crippen molar-refractivity contribution in [2.24, 2.45) is 0 Å². The lowest BCUT2D eigenvalue weighted by Crippen LogP contribution is -2.39. The zero-order valence-electron chi connectivity index (χ0n) is 7.12. The Morgan fingerprint density at radius 2 is 2.42 bits per heavy atom. The number of hydrogen-bond acceptors (Lipinski definition) is 4. The van der Waals surface area contributed by atoms with Crippen molar-refractivity contribution in [3.05, 3.63) is 0 Å². The zero-order valence-corrected chi connectivity index (χ0v) is 9.28. The third-order valence-electron chi connectivity index (χ3n) is 1.86. The first-order valence-electron chi connectivity index (χ1n) is 3.74. The fraction of sp³-hybridized carbons (Fsp3) is 0.857. The van der Waals surface area contributed by atoms with Gasteiger partial charge in [0.25, 0.3) is 0 Å². The number of esters is 1. The SMILES string of the molecule is COC1CC(=O)OC(N(C)I)C1. The van der Waals surface area contributed by atoms with Gasteiger partial charge >= 0.3 is 5.97 Å². The maximum atomic E-state index is 11.0. The van der Waals surface area contributed by atoms with E-state index in [1.165, 1.54) is 0 Å². The average molecular weight is 285 g/mol. The van der Waals surface area contributed by atoms with Crippen LogP contribution in [0.15, 0.2) is 0 Å². The smallest absolute Gasteiger partial charge is 0.310 e. The van der Waals surface area contributed by atoms with E-state index in [4.69, 9.17) is 9.47 Å². The molecule has 1 aliphatic rings. The number of rotatable bonds is 2. The minimum absolute atomic E-state index is 0.00784. The fourth-order valence-corrected chi connectivity index (χ4v) is 1.48. The fourth-order valence-electron chi connectivity index (χ4n) is 1.14. The Bertz CT molecular complexity index is 174.